The van der Waals surface area contributed by atoms with Crippen molar-refractivity contribution in [1.29, 1.82) is 0 Å². The van der Waals surface area contributed by atoms with E-state index in [1.807, 2.05) is 30.3 Å². The van der Waals surface area contributed by atoms with Gasteiger partial charge in [-0.05, 0) is 64.9 Å². The number of halogens is 1. The number of carbonyl (C=O) groups is 2. The molecule has 1 unspecified atom stereocenters. The van der Waals surface area contributed by atoms with Gasteiger partial charge >= 0.3 is 0 Å². The first-order chi connectivity index (χ1) is 18.9. The number of amides is 2. The minimum atomic E-state index is -1.12. The molecular weight excluding hydrogens is 619 g/mol. The Hall–Kier alpha value is -2.87. The van der Waals surface area contributed by atoms with Crippen LogP contribution >= 0.6 is 22.6 Å². The molecule has 10 nitrogen and oxygen atoms in total. The van der Waals surface area contributed by atoms with Crippen molar-refractivity contribution in [2.75, 3.05) is 33.2 Å². The molecule has 5 rings (SSSR count). The summed E-state index contributed by atoms with van der Waals surface area (Å²) in [6.07, 6.45) is 0.311. The van der Waals surface area contributed by atoms with Gasteiger partial charge in [0.1, 0.15) is 18.0 Å². The molecule has 0 aromatic heterocycles. The summed E-state index contributed by atoms with van der Waals surface area (Å²) < 4.78 is 23.5. The molecule has 2 aromatic carbocycles. The standard InChI is InChI=1S/C28H31IN2O8/c29-20-3-1-2-4-22(20)39-25-13-19(27(34)30-8-9-32)12-21(26(25)33)31(28(35)18-7-10-36-15-18)14-17-5-6-23-24(11-17)38-16-37-23/h1-6,11,13,18,21,25-26,32-33H,7-10,12,14-16H2,(H,30,34)/t18?,21-,25+,26+/m1/s1. The van der Waals surface area contributed by atoms with Gasteiger partial charge in [-0.15, -0.1) is 0 Å². The summed E-state index contributed by atoms with van der Waals surface area (Å²) in [6, 6.07) is 12.1. The van der Waals surface area contributed by atoms with Crippen LogP contribution in [-0.4, -0.2) is 78.3 Å². The second-order valence-corrected chi connectivity index (χ2v) is 10.8. The van der Waals surface area contributed by atoms with Gasteiger partial charge in [0.05, 0.1) is 28.7 Å². The maximum Gasteiger partial charge on any atom is 0.247 e. The van der Waals surface area contributed by atoms with Crippen LogP contribution in [0.1, 0.15) is 18.4 Å². The Balaban J connectivity index is 1.48. The van der Waals surface area contributed by atoms with Crippen molar-refractivity contribution >= 4 is 34.4 Å². The number of hydrogen-bond acceptors (Lipinski definition) is 8. The third-order valence-corrected chi connectivity index (χ3v) is 7.96. The number of rotatable bonds is 9. The van der Waals surface area contributed by atoms with Gasteiger partial charge in [-0.3, -0.25) is 9.59 Å². The van der Waals surface area contributed by atoms with E-state index in [2.05, 4.69) is 27.9 Å². The lowest BCUT2D eigenvalue weighted by molar-refractivity contribution is -0.143. The summed E-state index contributed by atoms with van der Waals surface area (Å²) in [7, 11) is 0. The topological polar surface area (TPSA) is 127 Å². The molecule has 2 amide bonds. The lowest BCUT2D eigenvalue weighted by Gasteiger charge is -2.41. The summed E-state index contributed by atoms with van der Waals surface area (Å²) in [4.78, 5) is 28.5. The van der Waals surface area contributed by atoms with Gasteiger partial charge in [0.15, 0.2) is 11.5 Å². The van der Waals surface area contributed by atoms with Crippen molar-refractivity contribution < 1.29 is 38.7 Å². The summed E-state index contributed by atoms with van der Waals surface area (Å²) in [5.41, 5.74) is 1.18. The number of aliphatic hydroxyl groups excluding tert-OH is 2. The maximum absolute atomic E-state index is 13.9. The summed E-state index contributed by atoms with van der Waals surface area (Å²) in [6.45, 7) is 1.01. The van der Waals surface area contributed by atoms with Gasteiger partial charge in [0, 0.05) is 31.7 Å². The lowest BCUT2D eigenvalue weighted by atomic mass is 9.87. The molecule has 1 saturated heterocycles. The minimum absolute atomic E-state index is 0.0881. The van der Waals surface area contributed by atoms with E-state index in [9.17, 15) is 19.8 Å². The third-order valence-electron chi connectivity index (χ3n) is 7.07. The Labute approximate surface area is 240 Å². The van der Waals surface area contributed by atoms with E-state index in [1.54, 1.807) is 23.1 Å². The van der Waals surface area contributed by atoms with Crippen LogP contribution in [0.25, 0.3) is 0 Å². The van der Waals surface area contributed by atoms with Crippen LogP contribution in [0.2, 0.25) is 0 Å². The predicted molar refractivity (Wildman–Crippen MR) is 148 cm³/mol. The van der Waals surface area contributed by atoms with E-state index in [0.29, 0.717) is 42.5 Å². The molecular formula is C28H31IN2O8. The molecule has 4 atom stereocenters. The first kappa shape index (κ1) is 27.7. The SMILES string of the molecule is O=C(NCCO)C1=C[C@H](Oc2ccccc2I)[C@@H](O)[C@H](N(Cc2ccc3c(c2)OCO3)C(=O)C2CCOC2)C1. The molecule has 2 aromatic rings. The molecule has 0 bridgehead atoms. The quantitative estimate of drug-likeness (QED) is 0.352. The van der Waals surface area contributed by atoms with Crippen LogP contribution < -0.4 is 19.5 Å². The smallest absolute Gasteiger partial charge is 0.247 e. The largest absolute Gasteiger partial charge is 0.482 e. The van der Waals surface area contributed by atoms with E-state index in [1.165, 1.54) is 0 Å². The highest BCUT2D eigenvalue weighted by Crippen LogP contribution is 2.35. The van der Waals surface area contributed by atoms with Crippen molar-refractivity contribution in [3.8, 4) is 17.2 Å². The average Bonchev–Trinajstić information content (AvgIpc) is 3.65. The number of aliphatic hydroxyl groups is 2. The van der Waals surface area contributed by atoms with Crippen LogP contribution in [0.5, 0.6) is 17.2 Å². The fourth-order valence-electron chi connectivity index (χ4n) is 5.02. The molecule has 11 heteroatoms. The van der Waals surface area contributed by atoms with Crippen LogP contribution in [0.15, 0.2) is 54.1 Å². The molecule has 2 aliphatic heterocycles. The van der Waals surface area contributed by atoms with Gasteiger partial charge in [-0.25, -0.2) is 0 Å². The Bertz CT molecular complexity index is 1230. The maximum atomic E-state index is 13.9. The fourth-order valence-corrected chi connectivity index (χ4v) is 5.54. The van der Waals surface area contributed by atoms with E-state index >= 15 is 0 Å². The van der Waals surface area contributed by atoms with Crippen LogP contribution in [-0.2, 0) is 20.9 Å². The zero-order valence-electron chi connectivity index (χ0n) is 21.3. The van der Waals surface area contributed by atoms with Gasteiger partial charge in [0.2, 0.25) is 18.6 Å². The number of fused-ring (bicyclic) bond motifs is 1. The molecule has 2 heterocycles. The second kappa shape index (κ2) is 12.5. The minimum Gasteiger partial charge on any atom is -0.482 e. The normalized spacial score (nSPS) is 23.7. The molecule has 208 valence electrons. The van der Waals surface area contributed by atoms with Gasteiger partial charge in [-0.2, -0.15) is 0 Å². The average molecular weight is 650 g/mol. The summed E-state index contributed by atoms with van der Waals surface area (Å²) in [5, 5.41) is 23.5. The van der Waals surface area contributed by atoms with Gasteiger partial charge in [0.25, 0.3) is 0 Å². The van der Waals surface area contributed by atoms with Gasteiger partial charge < -0.3 is 39.4 Å². The van der Waals surface area contributed by atoms with Crippen molar-refractivity contribution in [3.05, 3.63) is 63.2 Å². The molecule has 0 spiro atoms. The van der Waals surface area contributed by atoms with E-state index in [-0.39, 0.29) is 50.6 Å². The molecule has 1 fully saturated rings. The van der Waals surface area contributed by atoms with Crippen molar-refractivity contribution in [2.24, 2.45) is 5.92 Å². The van der Waals surface area contributed by atoms with Crippen molar-refractivity contribution in [2.45, 2.75) is 37.6 Å². The number of nitrogens with one attached hydrogen (secondary N) is 1. The van der Waals surface area contributed by atoms with Crippen molar-refractivity contribution in [1.82, 2.24) is 10.2 Å². The Kier molecular flexibility index (Phi) is 8.90. The first-order valence-corrected chi connectivity index (χ1v) is 14.0. The number of carbonyl (C=O) groups excluding carboxylic acids is 2. The number of nitrogens with zero attached hydrogens (tertiary/aromatic N) is 1. The third kappa shape index (κ3) is 6.32. The molecule has 39 heavy (non-hydrogen) atoms. The number of benzene rings is 2. The van der Waals surface area contributed by atoms with E-state index < -0.39 is 18.2 Å². The summed E-state index contributed by atoms with van der Waals surface area (Å²) >= 11 is 2.15. The van der Waals surface area contributed by atoms with Gasteiger partial charge in [-0.1, -0.05) is 18.2 Å². The Morgan fingerprint density at radius 2 is 1.97 bits per heavy atom. The van der Waals surface area contributed by atoms with E-state index in [4.69, 9.17) is 18.9 Å². The number of hydrogen-bond donors (Lipinski definition) is 3. The zero-order valence-corrected chi connectivity index (χ0v) is 23.4. The first-order valence-electron chi connectivity index (χ1n) is 12.9. The number of para-hydroxylation sites is 1. The van der Waals surface area contributed by atoms with Crippen LogP contribution in [0, 0.1) is 9.49 Å². The monoisotopic (exact) mass is 650 g/mol. The highest BCUT2D eigenvalue weighted by Gasteiger charge is 2.42. The predicted octanol–water partition coefficient (Wildman–Crippen LogP) is 2.00. The highest BCUT2D eigenvalue weighted by molar-refractivity contribution is 14.1. The highest BCUT2D eigenvalue weighted by atomic mass is 127. The molecule has 0 saturated carbocycles. The Morgan fingerprint density at radius 3 is 2.74 bits per heavy atom. The zero-order chi connectivity index (χ0) is 27.4. The summed E-state index contributed by atoms with van der Waals surface area (Å²) in [5.74, 6) is 0.911. The van der Waals surface area contributed by atoms with Crippen molar-refractivity contribution in [3.63, 3.8) is 0 Å². The fraction of sp³-hybridized carbons (Fsp3) is 0.429. The van der Waals surface area contributed by atoms with E-state index in [0.717, 1.165) is 9.13 Å². The number of ether oxygens (including phenoxy) is 4. The lowest BCUT2D eigenvalue weighted by Crippen LogP contribution is -2.56. The molecule has 3 aliphatic rings. The molecule has 1 aliphatic carbocycles. The molecule has 3 N–H and O–H groups in total. The molecule has 0 radical (unpaired) electrons. The van der Waals surface area contributed by atoms with Crippen LogP contribution in [0.4, 0.5) is 0 Å². The second-order valence-electron chi connectivity index (χ2n) is 9.66. The van der Waals surface area contributed by atoms with Crippen LogP contribution in [0.3, 0.4) is 0 Å². The Morgan fingerprint density at radius 1 is 1.15 bits per heavy atom.